The van der Waals surface area contributed by atoms with Crippen LogP contribution in [-0.2, 0) is 11.2 Å². The molecule has 1 heterocycles. The number of aromatic amines is 1. The van der Waals surface area contributed by atoms with Crippen molar-refractivity contribution >= 4 is 12.0 Å². The van der Waals surface area contributed by atoms with Crippen LogP contribution in [0.25, 0.3) is 0 Å². The van der Waals surface area contributed by atoms with Crippen molar-refractivity contribution in [2.75, 3.05) is 13.6 Å². The van der Waals surface area contributed by atoms with Gasteiger partial charge < -0.3 is 20.3 Å². The Morgan fingerprint density at radius 1 is 1.68 bits per heavy atom. The lowest BCUT2D eigenvalue weighted by Crippen LogP contribution is -2.47. The van der Waals surface area contributed by atoms with Crippen LogP contribution in [0, 0.1) is 11.3 Å². The minimum atomic E-state index is -1.13. The molecular formula is C11H15N5O3. The van der Waals surface area contributed by atoms with E-state index in [1.807, 2.05) is 6.07 Å². The van der Waals surface area contributed by atoms with Gasteiger partial charge in [0, 0.05) is 31.9 Å². The number of nitrogens with zero attached hydrogens (tertiary/aromatic N) is 3. The van der Waals surface area contributed by atoms with Gasteiger partial charge in [-0.05, 0) is 0 Å². The van der Waals surface area contributed by atoms with Crippen molar-refractivity contribution in [3.05, 3.63) is 18.2 Å². The molecule has 0 saturated carbocycles. The fourth-order valence-electron chi connectivity index (χ4n) is 1.39. The third kappa shape index (κ3) is 4.67. The van der Waals surface area contributed by atoms with E-state index in [1.165, 1.54) is 24.5 Å². The van der Waals surface area contributed by atoms with E-state index >= 15 is 0 Å². The Kier molecular flexibility index (Phi) is 5.35. The molecule has 3 N–H and O–H groups in total. The predicted octanol–water partition coefficient (Wildman–Crippen LogP) is -0.0395. The van der Waals surface area contributed by atoms with Gasteiger partial charge in [-0.1, -0.05) is 0 Å². The smallest absolute Gasteiger partial charge is 0.326 e. The summed E-state index contributed by atoms with van der Waals surface area (Å²) < 4.78 is 0. The summed E-state index contributed by atoms with van der Waals surface area (Å²) in [5, 5.41) is 19.9. The molecule has 102 valence electrons. The van der Waals surface area contributed by atoms with Crippen molar-refractivity contribution in [2.45, 2.75) is 18.9 Å². The van der Waals surface area contributed by atoms with E-state index in [0.717, 1.165) is 0 Å². The number of carbonyl (C=O) groups is 2. The molecule has 0 radical (unpaired) electrons. The molecule has 8 nitrogen and oxygen atoms in total. The van der Waals surface area contributed by atoms with Crippen LogP contribution in [0.1, 0.15) is 12.1 Å². The number of hydrogen-bond acceptors (Lipinski definition) is 4. The van der Waals surface area contributed by atoms with Crippen LogP contribution in [0.15, 0.2) is 12.5 Å². The van der Waals surface area contributed by atoms with Gasteiger partial charge in [-0.2, -0.15) is 5.26 Å². The van der Waals surface area contributed by atoms with Crippen LogP contribution in [-0.4, -0.2) is 51.6 Å². The normalized spacial score (nSPS) is 11.4. The summed E-state index contributed by atoms with van der Waals surface area (Å²) in [6.45, 7) is 0.249. The fourth-order valence-corrected chi connectivity index (χ4v) is 1.39. The first-order valence-electron chi connectivity index (χ1n) is 5.63. The molecule has 1 atom stereocenters. The largest absolute Gasteiger partial charge is 0.480 e. The summed E-state index contributed by atoms with van der Waals surface area (Å²) in [6.07, 6.45) is 3.26. The molecule has 0 aliphatic carbocycles. The molecule has 2 amide bonds. The number of rotatable bonds is 6. The van der Waals surface area contributed by atoms with Crippen molar-refractivity contribution in [1.29, 1.82) is 5.26 Å². The summed E-state index contributed by atoms with van der Waals surface area (Å²) in [5.74, 6) is -1.13. The number of carboxylic acids is 1. The third-order valence-corrected chi connectivity index (χ3v) is 2.48. The SMILES string of the molecule is CN(CCC#N)C(=O)N[C@@H](Cc1cnc[nH]1)C(=O)O. The molecule has 0 aliphatic rings. The maximum absolute atomic E-state index is 11.7. The first kappa shape index (κ1) is 14.5. The molecule has 0 fully saturated rings. The lowest BCUT2D eigenvalue weighted by Gasteiger charge is -2.20. The standard InChI is InChI=1S/C11H15N5O3/c1-16(4-2-3-12)11(19)15-9(10(17)18)5-8-6-13-7-14-8/h6-7,9H,2,4-5H2,1H3,(H,13,14)(H,15,19)(H,17,18)/t9-/m0/s1. The topological polar surface area (TPSA) is 122 Å². The van der Waals surface area contributed by atoms with E-state index in [-0.39, 0.29) is 19.4 Å². The number of H-pyrrole nitrogens is 1. The number of urea groups is 1. The minimum Gasteiger partial charge on any atom is -0.480 e. The number of imidazole rings is 1. The molecule has 0 bridgehead atoms. The summed E-state index contributed by atoms with van der Waals surface area (Å²) >= 11 is 0. The molecule has 0 spiro atoms. The van der Waals surface area contributed by atoms with Crippen molar-refractivity contribution in [2.24, 2.45) is 0 Å². The van der Waals surface area contributed by atoms with Gasteiger partial charge in [0.15, 0.2) is 0 Å². The van der Waals surface area contributed by atoms with Crippen LogP contribution in [0.5, 0.6) is 0 Å². The number of aliphatic carboxylic acids is 1. The van der Waals surface area contributed by atoms with E-state index in [4.69, 9.17) is 10.4 Å². The summed E-state index contributed by atoms with van der Waals surface area (Å²) in [5.41, 5.74) is 0.618. The van der Waals surface area contributed by atoms with Gasteiger partial charge in [0.25, 0.3) is 0 Å². The second kappa shape index (κ2) is 7.00. The third-order valence-electron chi connectivity index (χ3n) is 2.48. The number of nitriles is 1. The summed E-state index contributed by atoms with van der Waals surface area (Å²) in [7, 11) is 1.50. The average Bonchev–Trinajstić information content (AvgIpc) is 2.87. The fraction of sp³-hybridized carbons (Fsp3) is 0.455. The lowest BCUT2D eigenvalue weighted by molar-refractivity contribution is -0.139. The lowest BCUT2D eigenvalue weighted by atomic mass is 10.1. The van der Waals surface area contributed by atoms with E-state index in [0.29, 0.717) is 5.69 Å². The molecule has 19 heavy (non-hydrogen) atoms. The van der Waals surface area contributed by atoms with Gasteiger partial charge in [0.05, 0.1) is 18.8 Å². The van der Waals surface area contributed by atoms with Crippen molar-refractivity contribution < 1.29 is 14.7 Å². The Bertz CT molecular complexity index is 465. The summed E-state index contributed by atoms with van der Waals surface area (Å²) in [4.78, 5) is 30.6. The van der Waals surface area contributed by atoms with Crippen molar-refractivity contribution in [1.82, 2.24) is 20.2 Å². The molecule has 1 aromatic rings. The second-order valence-electron chi connectivity index (χ2n) is 3.95. The first-order valence-corrected chi connectivity index (χ1v) is 5.63. The van der Waals surface area contributed by atoms with E-state index in [2.05, 4.69) is 15.3 Å². The first-order chi connectivity index (χ1) is 9.04. The number of nitrogens with one attached hydrogen (secondary N) is 2. The van der Waals surface area contributed by atoms with Crippen LogP contribution in [0.3, 0.4) is 0 Å². The molecule has 0 unspecified atom stereocenters. The van der Waals surface area contributed by atoms with Gasteiger partial charge >= 0.3 is 12.0 Å². The average molecular weight is 265 g/mol. The van der Waals surface area contributed by atoms with E-state index < -0.39 is 18.0 Å². The number of aromatic nitrogens is 2. The zero-order valence-electron chi connectivity index (χ0n) is 10.5. The highest BCUT2D eigenvalue weighted by Gasteiger charge is 2.22. The van der Waals surface area contributed by atoms with Crippen LogP contribution in [0.2, 0.25) is 0 Å². The highest BCUT2D eigenvalue weighted by Crippen LogP contribution is 2.00. The molecule has 8 heteroatoms. The van der Waals surface area contributed by atoms with Crippen molar-refractivity contribution in [3.63, 3.8) is 0 Å². The predicted molar refractivity (Wildman–Crippen MR) is 65.1 cm³/mol. The number of amides is 2. The van der Waals surface area contributed by atoms with Gasteiger partial charge in [0.2, 0.25) is 0 Å². The van der Waals surface area contributed by atoms with Gasteiger partial charge in [-0.3, -0.25) is 0 Å². The minimum absolute atomic E-state index is 0.118. The zero-order chi connectivity index (χ0) is 14.3. The quantitative estimate of drug-likeness (QED) is 0.666. The molecule has 1 aromatic heterocycles. The molecular weight excluding hydrogens is 250 g/mol. The Labute approximate surface area is 110 Å². The van der Waals surface area contributed by atoms with Gasteiger partial charge in [-0.25, -0.2) is 14.6 Å². The Morgan fingerprint density at radius 3 is 2.95 bits per heavy atom. The highest BCUT2D eigenvalue weighted by molar-refractivity contribution is 5.82. The molecule has 0 aromatic carbocycles. The zero-order valence-corrected chi connectivity index (χ0v) is 10.5. The number of hydrogen-bond donors (Lipinski definition) is 3. The van der Waals surface area contributed by atoms with Crippen LogP contribution in [0.4, 0.5) is 4.79 Å². The van der Waals surface area contributed by atoms with E-state index in [9.17, 15) is 9.59 Å². The van der Waals surface area contributed by atoms with Gasteiger partial charge in [0.1, 0.15) is 6.04 Å². The van der Waals surface area contributed by atoms with Crippen LogP contribution >= 0.6 is 0 Å². The molecule has 0 saturated heterocycles. The van der Waals surface area contributed by atoms with E-state index in [1.54, 1.807) is 0 Å². The Morgan fingerprint density at radius 2 is 2.42 bits per heavy atom. The Hall–Kier alpha value is -2.56. The maximum atomic E-state index is 11.7. The van der Waals surface area contributed by atoms with Gasteiger partial charge in [-0.15, -0.1) is 0 Å². The maximum Gasteiger partial charge on any atom is 0.326 e. The van der Waals surface area contributed by atoms with Crippen LogP contribution < -0.4 is 5.32 Å². The van der Waals surface area contributed by atoms with Crippen molar-refractivity contribution in [3.8, 4) is 6.07 Å². The molecule has 0 aliphatic heterocycles. The number of carbonyl (C=O) groups excluding carboxylic acids is 1. The molecule has 1 rings (SSSR count). The number of carboxylic acid groups (broad SMARTS) is 1. The highest BCUT2D eigenvalue weighted by atomic mass is 16.4. The second-order valence-corrected chi connectivity index (χ2v) is 3.95. The monoisotopic (exact) mass is 265 g/mol. The summed E-state index contributed by atoms with van der Waals surface area (Å²) in [6, 6.07) is 0.345. The Balaban J connectivity index is 2.56.